The molecule has 1 aliphatic rings. The van der Waals surface area contributed by atoms with Crippen LogP contribution < -0.4 is 0 Å². The van der Waals surface area contributed by atoms with Gasteiger partial charge in [0.15, 0.2) is 0 Å². The molecule has 0 aromatic rings. The van der Waals surface area contributed by atoms with Crippen LogP contribution in [0.4, 0.5) is 8.78 Å². The number of alkyl halides is 2. The van der Waals surface area contributed by atoms with E-state index in [0.717, 1.165) is 0 Å². The van der Waals surface area contributed by atoms with Crippen molar-refractivity contribution in [3.8, 4) is 6.07 Å². The lowest BCUT2D eigenvalue weighted by Gasteiger charge is -2.36. The van der Waals surface area contributed by atoms with E-state index in [2.05, 4.69) is 0 Å². The Bertz CT molecular complexity index is 163. The Morgan fingerprint density at radius 2 is 2.10 bits per heavy atom. The van der Waals surface area contributed by atoms with Gasteiger partial charge in [-0.15, -0.1) is 0 Å². The van der Waals surface area contributed by atoms with Crippen LogP contribution in [0.5, 0.6) is 0 Å². The van der Waals surface area contributed by atoms with E-state index in [9.17, 15) is 8.78 Å². The number of rotatable bonds is 1. The van der Waals surface area contributed by atoms with Crippen LogP contribution in [0.2, 0.25) is 0 Å². The molecule has 10 heavy (non-hydrogen) atoms. The first-order chi connectivity index (χ1) is 4.55. The summed E-state index contributed by atoms with van der Waals surface area (Å²) in [5, 5.41) is 8.35. The Hall–Kier alpha value is -0.650. The monoisotopic (exact) mass is 145 g/mol. The fourth-order valence-electron chi connectivity index (χ4n) is 1.17. The molecule has 3 heteroatoms. The van der Waals surface area contributed by atoms with Crippen molar-refractivity contribution >= 4 is 0 Å². The Kier molecular flexibility index (Phi) is 1.63. The quantitative estimate of drug-likeness (QED) is 0.554. The summed E-state index contributed by atoms with van der Waals surface area (Å²) in [5.41, 5.74) is 0. The lowest BCUT2D eigenvalue weighted by molar-refractivity contribution is -0.118. The van der Waals surface area contributed by atoms with Gasteiger partial charge in [-0.2, -0.15) is 5.26 Å². The summed E-state index contributed by atoms with van der Waals surface area (Å²) < 4.78 is 24.4. The summed E-state index contributed by atoms with van der Waals surface area (Å²) in [7, 11) is 0. The lowest BCUT2D eigenvalue weighted by atomic mass is 9.74. The molecule has 0 radical (unpaired) electrons. The lowest BCUT2D eigenvalue weighted by Crippen LogP contribution is -2.38. The molecule has 0 N–H and O–H groups in total. The first-order valence-corrected chi connectivity index (χ1v) is 3.32. The highest BCUT2D eigenvalue weighted by molar-refractivity contribution is 4.95. The Labute approximate surface area is 58.6 Å². The molecule has 1 atom stereocenters. The van der Waals surface area contributed by atoms with Crippen LogP contribution in [-0.2, 0) is 0 Å². The number of nitrogens with zero attached hydrogens (tertiary/aromatic N) is 1. The van der Waals surface area contributed by atoms with E-state index in [1.54, 1.807) is 6.92 Å². The molecule has 0 aliphatic heterocycles. The van der Waals surface area contributed by atoms with Crippen molar-refractivity contribution < 1.29 is 8.78 Å². The standard InChI is InChI=1S/C7H9F2N/c1-5(4-10)6-2-7(8,9)3-6/h5-6H,2-3H2,1H3. The molecule has 0 spiro atoms. The summed E-state index contributed by atoms with van der Waals surface area (Å²) >= 11 is 0. The Balaban J connectivity index is 2.34. The molecule has 0 bridgehead atoms. The van der Waals surface area contributed by atoms with Crippen LogP contribution in [0.3, 0.4) is 0 Å². The maximum atomic E-state index is 12.2. The fourth-order valence-corrected chi connectivity index (χ4v) is 1.17. The van der Waals surface area contributed by atoms with E-state index in [0.29, 0.717) is 0 Å². The molecular weight excluding hydrogens is 136 g/mol. The second-order valence-electron chi connectivity index (χ2n) is 2.94. The number of hydrogen-bond donors (Lipinski definition) is 0. The number of halogens is 2. The molecule has 0 saturated heterocycles. The normalized spacial score (nSPS) is 26.6. The molecule has 1 fully saturated rings. The molecule has 0 amide bonds. The van der Waals surface area contributed by atoms with Crippen LogP contribution in [0.25, 0.3) is 0 Å². The minimum absolute atomic E-state index is 0.0694. The van der Waals surface area contributed by atoms with Gasteiger partial charge in [0, 0.05) is 18.8 Å². The van der Waals surface area contributed by atoms with E-state index >= 15 is 0 Å². The van der Waals surface area contributed by atoms with Crippen molar-refractivity contribution in [2.75, 3.05) is 0 Å². The fraction of sp³-hybridized carbons (Fsp3) is 0.857. The molecule has 1 unspecified atom stereocenters. The minimum Gasteiger partial charge on any atom is -0.207 e. The molecule has 0 aromatic carbocycles. The SMILES string of the molecule is CC(C#N)C1CC(F)(F)C1. The van der Waals surface area contributed by atoms with Crippen molar-refractivity contribution in [2.45, 2.75) is 25.7 Å². The Morgan fingerprint density at radius 3 is 2.40 bits per heavy atom. The van der Waals surface area contributed by atoms with Crippen LogP contribution in [0.15, 0.2) is 0 Å². The largest absolute Gasteiger partial charge is 0.248 e. The molecule has 56 valence electrons. The van der Waals surface area contributed by atoms with E-state index in [1.165, 1.54) is 0 Å². The first-order valence-electron chi connectivity index (χ1n) is 3.32. The minimum atomic E-state index is -2.48. The highest BCUT2D eigenvalue weighted by Gasteiger charge is 2.47. The van der Waals surface area contributed by atoms with E-state index < -0.39 is 5.92 Å². The van der Waals surface area contributed by atoms with Crippen LogP contribution >= 0.6 is 0 Å². The second-order valence-corrected chi connectivity index (χ2v) is 2.94. The summed E-state index contributed by atoms with van der Waals surface area (Å²) in [4.78, 5) is 0. The summed E-state index contributed by atoms with van der Waals surface area (Å²) in [6.45, 7) is 1.69. The molecule has 1 aliphatic carbocycles. The van der Waals surface area contributed by atoms with Gasteiger partial charge in [-0.05, 0) is 12.8 Å². The topological polar surface area (TPSA) is 23.8 Å². The summed E-state index contributed by atoms with van der Waals surface area (Å²) in [5.74, 6) is -2.75. The van der Waals surface area contributed by atoms with Gasteiger partial charge in [0.1, 0.15) is 0 Å². The molecule has 0 aromatic heterocycles. The van der Waals surface area contributed by atoms with Gasteiger partial charge >= 0.3 is 0 Å². The third kappa shape index (κ3) is 1.26. The van der Waals surface area contributed by atoms with Gasteiger partial charge in [0.2, 0.25) is 5.92 Å². The third-order valence-corrected chi connectivity index (χ3v) is 2.03. The molecule has 0 heterocycles. The number of nitriles is 1. The molecule has 1 rings (SSSR count). The van der Waals surface area contributed by atoms with Gasteiger partial charge in [-0.25, -0.2) is 8.78 Å². The van der Waals surface area contributed by atoms with Crippen molar-refractivity contribution in [2.24, 2.45) is 11.8 Å². The Morgan fingerprint density at radius 1 is 1.60 bits per heavy atom. The molecular formula is C7H9F2N. The van der Waals surface area contributed by atoms with Crippen LogP contribution in [0.1, 0.15) is 19.8 Å². The van der Waals surface area contributed by atoms with Crippen molar-refractivity contribution in [1.29, 1.82) is 5.26 Å². The van der Waals surface area contributed by atoms with Gasteiger partial charge in [-0.1, -0.05) is 0 Å². The number of hydrogen-bond acceptors (Lipinski definition) is 1. The van der Waals surface area contributed by atoms with E-state index in [-0.39, 0.29) is 24.7 Å². The molecule has 1 saturated carbocycles. The second kappa shape index (κ2) is 2.19. The van der Waals surface area contributed by atoms with Gasteiger partial charge in [-0.3, -0.25) is 0 Å². The van der Waals surface area contributed by atoms with Gasteiger partial charge in [0.25, 0.3) is 0 Å². The average Bonchev–Trinajstić information content (AvgIpc) is 1.81. The highest BCUT2D eigenvalue weighted by atomic mass is 19.3. The van der Waals surface area contributed by atoms with Crippen LogP contribution in [0, 0.1) is 23.2 Å². The first kappa shape index (κ1) is 7.46. The predicted molar refractivity (Wildman–Crippen MR) is 32.4 cm³/mol. The van der Waals surface area contributed by atoms with Crippen LogP contribution in [-0.4, -0.2) is 5.92 Å². The van der Waals surface area contributed by atoms with E-state index in [4.69, 9.17) is 5.26 Å². The average molecular weight is 145 g/mol. The van der Waals surface area contributed by atoms with E-state index in [1.807, 2.05) is 6.07 Å². The maximum absolute atomic E-state index is 12.2. The highest BCUT2D eigenvalue weighted by Crippen LogP contribution is 2.45. The maximum Gasteiger partial charge on any atom is 0.248 e. The van der Waals surface area contributed by atoms with Gasteiger partial charge < -0.3 is 0 Å². The summed E-state index contributed by atoms with van der Waals surface area (Å²) in [6, 6.07) is 1.97. The zero-order valence-corrected chi connectivity index (χ0v) is 5.77. The zero-order chi connectivity index (χ0) is 7.78. The zero-order valence-electron chi connectivity index (χ0n) is 5.77. The molecule has 1 nitrogen and oxygen atoms in total. The van der Waals surface area contributed by atoms with Crippen molar-refractivity contribution in [3.05, 3.63) is 0 Å². The smallest absolute Gasteiger partial charge is 0.207 e. The predicted octanol–water partition coefficient (Wildman–Crippen LogP) is 2.19. The van der Waals surface area contributed by atoms with Crippen molar-refractivity contribution in [1.82, 2.24) is 0 Å². The van der Waals surface area contributed by atoms with Crippen molar-refractivity contribution in [3.63, 3.8) is 0 Å². The third-order valence-electron chi connectivity index (χ3n) is 2.03. The summed E-state index contributed by atoms with van der Waals surface area (Å²) in [6.07, 6.45) is -0.191. The van der Waals surface area contributed by atoms with Gasteiger partial charge in [0.05, 0.1) is 6.07 Å².